The third kappa shape index (κ3) is 3.62. The highest BCUT2D eigenvalue weighted by molar-refractivity contribution is 5.97. The van der Waals surface area contributed by atoms with Gasteiger partial charge in [-0.1, -0.05) is 0 Å². The summed E-state index contributed by atoms with van der Waals surface area (Å²) in [7, 11) is 1.62. The van der Waals surface area contributed by atoms with Crippen molar-refractivity contribution in [2.45, 2.75) is 38.1 Å². The lowest BCUT2D eigenvalue weighted by Gasteiger charge is -2.23. The molecule has 0 unspecified atom stereocenters. The van der Waals surface area contributed by atoms with E-state index in [2.05, 4.69) is 15.5 Å². The van der Waals surface area contributed by atoms with Crippen LogP contribution in [-0.4, -0.2) is 35.9 Å². The molecule has 6 heteroatoms. The van der Waals surface area contributed by atoms with Gasteiger partial charge < -0.3 is 14.8 Å². The number of hydrogen-bond acceptors (Lipinski definition) is 4. The molecule has 132 valence electrons. The minimum atomic E-state index is -0.0922. The summed E-state index contributed by atoms with van der Waals surface area (Å²) in [5, 5.41) is 10.3. The average Bonchev–Trinajstić information content (AvgIpc) is 3.35. The Morgan fingerprint density at radius 3 is 3.04 bits per heavy atom. The maximum absolute atomic E-state index is 12.8. The molecule has 6 nitrogen and oxygen atoms in total. The number of methoxy groups -OCH3 is 1. The first kappa shape index (κ1) is 16.0. The third-order valence-electron chi connectivity index (χ3n) is 4.96. The van der Waals surface area contributed by atoms with Crippen LogP contribution in [-0.2, 0) is 12.8 Å². The van der Waals surface area contributed by atoms with Gasteiger partial charge in [-0.15, -0.1) is 0 Å². The van der Waals surface area contributed by atoms with Crippen molar-refractivity contribution >= 4 is 5.91 Å². The van der Waals surface area contributed by atoms with E-state index in [0.29, 0.717) is 29.6 Å². The van der Waals surface area contributed by atoms with Gasteiger partial charge in [-0.25, -0.2) is 0 Å². The molecular weight excluding hydrogens is 318 g/mol. The van der Waals surface area contributed by atoms with Gasteiger partial charge in [0.25, 0.3) is 5.91 Å². The Hall–Kier alpha value is -2.50. The standard InChI is InChI=1S/C19H23N3O3/c1-24-15-5-6-16(18(9-15)25-11-12-2-3-12)19(23)21-14-4-7-17-13(8-14)10-20-22-17/h5-6,9-10,12,14H,2-4,7-8,11H2,1H3,(H,20,22)(H,21,23)/t14-/m0/s1. The fourth-order valence-electron chi connectivity index (χ4n) is 3.23. The first-order valence-electron chi connectivity index (χ1n) is 8.85. The molecule has 0 spiro atoms. The number of H-pyrrole nitrogens is 1. The Morgan fingerprint density at radius 1 is 1.36 bits per heavy atom. The van der Waals surface area contributed by atoms with Crippen LogP contribution in [0, 0.1) is 5.92 Å². The molecule has 1 aromatic heterocycles. The number of fused-ring (bicyclic) bond motifs is 1. The van der Waals surface area contributed by atoms with Crippen LogP contribution < -0.4 is 14.8 Å². The summed E-state index contributed by atoms with van der Waals surface area (Å²) in [6.45, 7) is 0.662. The second-order valence-corrected chi connectivity index (χ2v) is 6.90. The van der Waals surface area contributed by atoms with Gasteiger partial charge in [0.1, 0.15) is 11.5 Å². The van der Waals surface area contributed by atoms with E-state index >= 15 is 0 Å². The molecule has 0 saturated heterocycles. The topological polar surface area (TPSA) is 76.2 Å². The minimum Gasteiger partial charge on any atom is -0.497 e. The summed E-state index contributed by atoms with van der Waals surface area (Å²) < 4.78 is 11.2. The Balaban J connectivity index is 1.47. The van der Waals surface area contributed by atoms with E-state index in [1.54, 1.807) is 25.3 Å². The smallest absolute Gasteiger partial charge is 0.255 e. The Bertz CT molecular complexity index is 767. The molecule has 2 aliphatic rings. The maximum Gasteiger partial charge on any atom is 0.255 e. The van der Waals surface area contributed by atoms with Crippen LogP contribution in [0.1, 0.15) is 40.9 Å². The molecule has 1 aromatic carbocycles. The summed E-state index contributed by atoms with van der Waals surface area (Å²) in [6.07, 6.45) is 6.90. The Labute approximate surface area is 146 Å². The van der Waals surface area contributed by atoms with Gasteiger partial charge in [0, 0.05) is 17.8 Å². The SMILES string of the molecule is COc1ccc(C(=O)N[C@H]2CCc3[nH]ncc3C2)c(OCC2CC2)c1. The zero-order valence-corrected chi connectivity index (χ0v) is 14.4. The van der Waals surface area contributed by atoms with E-state index in [0.717, 1.165) is 19.3 Å². The molecule has 0 radical (unpaired) electrons. The van der Waals surface area contributed by atoms with Crippen LogP contribution in [0.3, 0.4) is 0 Å². The first-order chi connectivity index (χ1) is 12.2. The number of aryl methyl sites for hydroxylation is 1. The van der Waals surface area contributed by atoms with Crippen molar-refractivity contribution < 1.29 is 14.3 Å². The zero-order valence-electron chi connectivity index (χ0n) is 14.4. The highest BCUT2D eigenvalue weighted by Gasteiger charge is 2.25. The minimum absolute atomic E-state index is 0.0922. The van der Waals surface area contributed by atoms with Gasteiger partial charge in [-0.2, -0.15) is 5.10 Å². The molecule has 25 heavy (non-hydrogen) atoms. The second kappa shape index (κ2) is 6.78. The van der Waals surface area contributed by atoms with E-state index in [4.69, 9.17) is 9.47 Å². The quantitative estimate of drug-likeness (QED) is 0.846. The van der Waals surface area contributed by atoms with E-state index < -0.39 is 0 Å². The van der Waals surface area contributed by atoms with Crippen molar-refractivity contribution in [3.8, 4) is 11.5 Å². The lowest BCUT2D eigenvalue weighted by Crippen LogP contribution is -2.38. The fraction of sp³-hybridized carbons (Fsp3) is 0.474. The van der Waals surface area contributed by atoms with Gasteiger partial charge in [0.2, 0.25) is 0 Å². The number of carbonyl (C=O) groups is 1. The molecule has 2 aliphatic carbocycles. The van der Waals surface area contributed by atoms with Crippen LogP contribution in [0.5, 0.6) is 11.5 Å². The number of hydrogen-bond donors (Lipinski definition) is 2. The maximum atomic E-state index is 12.8. The molecule has 1 amide bonds. The molecule has 1 atom stereocenters. The lowest BCUT2D eigenvalue weighted by atomic mass is 9.93. The van der Waals surface area contributed by atoms with Gasteiger partial charge in [0.15, 0.2) is 0 Å². The molecule has 1 saturated carbocycles. The highest BCUT2D eigenvalue weighted by Crippen LogP contribution is 2.32. The summed E-state index contributed by atoms with van der Waals surface area (Å²) >= 11 is 0. The van der Waals surface area contributed by atoms with Crippen LogP contribution in [0.4, 0.5) is 0 Å². The van der Waals surface area contributed by atoms with Crippen molar-refractivity contribution in [2.24, 2.45) is 5.92 Å². The van der Waals surface area contributed by atoms with Crippen molar-refractivity contribution in [3.05, 3.63) is 41.2 Å². The predicted octanol–water partition coefficient (Wildman–Crippen LogP) is 2.49. The number of rotatable bonds is 6. The van der Waals surface area contributed by atoms with Crippen molar-refractivity contribution in [3.63, 3.8) is 0 Å². The van der Waals surface area contributed by atoms with Crippen molar-refractivity contribution in [1.82, 2.24) is 15.5 Å². The second-order valence-electron chi connectivity index (χ2n) is 6.90. The molecule has 0 bridgehead atoms. The number of nitrogens with zero attached hydrogens (tertiary/aromatic N) is 1. The summed E-state index contributed by atoms with van der Waals surface area (Å²) in [4.78, 5) is 12.8. The monoisotopic (exact) mass is 341 g/mol. The van der Waals surface area contributed by atoms with Gasteiger partial charge in [0.05, 0.1) is 25.5 Å². The zero-order chi connectivity index (χ0) is 17.2. The van der Waals surface area contributed by atoms with Gasteiger partial charge in [-0.05, 0) is 55.7 Å². The summed E-state index contributed by atoms with van der Waals surface area (Å²) in [5.74, 6) is 1.83. The predicted molar refractivity (Wildman–Crippen MR) is 93.1 cm³/mol. The molecule has 0 aliphatic heterocycles. The number of amides is 1. The largest absolute Gasteiger partial charge is 0.497 e. The lowest BCUT2D eigenvalue weighted by molar-refractivity contribution is 0.0929. The average molecular weight is 341 g/mol. The molecule has 1 fully saturated rings. The fourth-order valence-corrected chi connectivity index (χ4v) is 3.23. The van der Waals surface area contributed by atoms with Crippen LogP contribution in [0.15, 0.2) is 24.4 Å². The van der Waals surface area contributed by atoms with Crippen LogP contribution in [0.25, 0.3) is 0 Å². The van der Waals surface area contributed by atoms with Gasteiger partial charge in [-0.3, -0.25) is 9.89 Å². The number of ether oxygens (including phenoxy) is 2. The highest BCUT2D eigenvalue weighted by atomic mass is 16.5. The van der Waals surface area contributed by atoms with Crippen molar-refractivity contribution in [1.29, 1.82) is 0 Å². The molecule has 4 rings (SSSR count). The summed E-state index contributed by atoms with van der Waals surface area (Å²) in [5.41, 5.74) is 2.94. The molecule has 2 N–H and O–H groups in total. The van der Waals surface area contributed by atoms with Crippen LogP contribution >= 0.6 is 0 Å². The number of benzene rings is 1. The summed E-state index contributed by atoms with van der Waals surface area (Å²) in [6, 6.07) is 5.50. The number of aromatic nitrogens is 2. The van der Waals surface area contributed by atoms with E-state index in [1.165, 1.54) is 24.1 Å². The number of carbonyl (C=O) groups excluding carboxylic acids is 1. The number of nitrogens with one attached hydrogen (secondary N) is 2. The third-order valence-corrected chi connectivity index (χ3v) is 4.96. The van der Waals surface area contributed by atoms with Gasteiger partial charge >= 0.3 is 0 Å². The normalized spacial score (nSPS) is 19.2. The molecule has 1 heterocycles. The van der Waals surface area contributed by atoms with E-state index in [-0.39, 0.29) is 11.9 Å². The Kier molecular flexibility index (Phi) is 4.34. The Morgan fingerprint density at radius 2 is 2.24 bits per heavy atom. The first-order valence-corrected chi connectivity index (χ1v) is 8.85. The molecular formula is C19H23N3O3. The van der Waals surface area contributed by atoms with E-state index in [1.807, 2.05) is 6.20 Å². The van der Waals surface area contributed by atoms with Crippen LogP contribution in [0.2, 0.25) is 0 Å². The number of aromatic amines is 1. The van der Waals surface area contributed by atoms with E-state index in [9.17, 15) is 4.79 Å². The molecule has 2 aromatic rings. The van der Waals surface area contributed by atoms with Crippen molar-refractivity contribution in [2.75, 3.05) is 13.7 Å².